The lowest BCUT2D eigenvalue weighted by Gasteiger charge is -2.12. The minimum atomic E-state index is -0.648. The van der Waals surface area contributed by atoms with Gasteiger partial charge in [-0.25, -0.2) is 9.18 Å². The fourth-order valence-corrected chi connectivity index (χ4v) is 3.74. The average molecular weight is 358 g/mol. The van der Waals surface area contributed by atoms with Crippen molar-refractivity contribution >= 4 is 17.3 Å². The number of carbonyl (C=O) groups is 1. The minimum absolute atomic E-state index is 0.0509. The third kappa shape index (κ3) is 3.99. The highest BCUT2D eigenvalue weighted by Crippen LogP contribution is 2.36. The standard InChI is InChI=1S/C20H19FO3S/c1-12(2)24-20(23)16-8-5-14(11-17(16)21)19-10-9-18(25-19)13-3-6-15(22)7-4-13/h3,5-13,22H,4H2,1-2H3. The molecule has 130 valence electrons. The molecule has 3 nitrogen and oxygen atoms in total. The molecule has 0 bridgehead atoms. The molecule has 2 aromatic rings. The second-order valence-corrected chi connectivity index (χ2v) is 7.30. The lowest BCUT2D eigenvalue weighted by Crippen LogP contribution is -2.13. The first-order valence-corrected chi connectivity index (χ1v) is 8.93. The number of halogens is 1. The van der Waals surface area contributed by atoms with E-state index < -0.39 is 11.8 Å². The Bertz CT molecular complexity index is 848. The van der Waals surface area contributed by atoms with Crippen LogP contribution in [-0.4, -0.2) is 17.2 Å². The Hall–Kier alpha value is -2.40. The largest absolute Gasteiger partial charge is 0.508 e. The van der Waals surface area contributed by atoms with Gasteiger partial charge in [-0.3, -0.25) is 0 Å². The number of rotatable bonds is 4. The van der Waals surface area contributed by atoms with E-state index >= 15 is 0 Å². The SMILES string of the molecule is CC(C)OC(=O)c1ccc(-c2ccc(C3C=CC(O)=CC3)s2)cc1F. The number of thiophene rings is 1. The van der Waals surface area contributed by atoms with Crippen LogP contribution in [0.4, 0.5) is 4.39 Å². The first-order chi connectivity index (χ1) is 11.9. The zero-order chi connectivity index (χ0) is 18.0. The predicted molar refractivity (Wildman–Crippen MR) is 97.5 cm³/mol. The molecule has 0 spiro atoms. The topological polar surface area (TPSA) is 46.5 Å². The highest BCUT2D eigenvalue weighted by molar-refractivity contribution is 7.15. The van der Waals surface area contributed by atoms with Crippen molar-refractivity contribution in [3.8, 4) is 10.4 Å². The van der Waals surface area contributed by atoms with Crippen LogP contribution in [0.3, 0.4) is 0 Å². The maximum Gasteiger partial charge on any atom is 0.341 e. The van der Waals surface area contributed by atoms with Crippen LogP contribution in [0.1, 0.15) is 41.4 Å². The highest BCUT2D eigenvalue weighted by atomic mass is 32.1. The Morgan fingerprint density at radius 3 is 2.76 bits per heavy atom. The van der Waals surface area contributed by atoms with Crippen LogP contribution < -0.4 is 0 Å². The van der Waals surface area contributed by atoms with Gasteiger partial charge >= 0.3 is 5.97 Å². The second kappa shape index (κ2) is 7.23. The summed E-state index contributed by atoms with van der Waals surface area (Å²) in [5.74, 6) is -0.716. The third-order valence-corrected chi connectivity index (χ3v) is 5.15. The molecule has 1 aromatic carbocycles. The number of hydrogen-bond donors (Lipinski definition) is 1. The molecule has 0 aliphatic heterocycles. The molecule has 0 amide bonds. The van der Waals surface area contributed by atoms with E-state index in [-0.39, 0.29) is 17.6 Å². The summed E-state index contributed by atoms with van der Waals surface area (Å²) in [6, 6.07) is 8.54. The van der Waals surface area contributed by atoms with E-state index in [1.54, 1.807) is 43.4 Å². The van der Waals surface area contributed by atoms with E-state index in [9.17, 15) is 14.3 Å². The molecule has 0 radical (unpaired) electrons. The zero-order valence-corrected chi connectivity index (χ0v) is 14.8. The summed E-state index contributed by atoms with van der Waals surface area (Å²) in [4.78, 5) is 14.0. The van der Waals surface area contributed by atoms with Gasteiger partial charge in [0.05, 0.1) is 11.7 Å². The number of ether oxygens (including phenoxy) is 1. The molecular formula is C20H19FO3S. The van der Waals surface area contributed by atoms with Gasteiger partial charge in [0.1, 0.15) is 11.6 Å². The average Bonchev–Trinajstić information content (AvgIpc) is 3.04. The van der Waals surface area contributed by atoms with Crippen LogP contribution in [-0.2, 0) is 4.74 Å². The molecule has 1 N–H and O–H groups in total. The number of benzene rings is 1. The third-order valence-electron chi connectivity index (χ3n) is 3.89. The monoisotopic (exact) mass is 358 g/mol. The highest BCUT2D eigenvalue weighted by Gasteiger charge is 2.17. The first kappa shape index (κ1) is 17.4. The van der Waals surface area contributed by atoms with Gasteiger partial charge in [0.25, 0.3) is 0 Å². The van der Waals surface area contributed by atoms with Gasteiger partial charge in [-0.05, 0) is 62.2 Å². The molecule has 1 aromatic heterocycles. The lowest BCUT2D eigenvalue weighted by atomic mass is 9.98. The van der Waals surface area contributed by atoms with Crippen LogP contribution in [0.25, 0.3) is 10.4 Å². The maximum atomic E-state index is 14.3. The number of carbonyl (C=O) groups excluding carboxylic acids is 1. The summed E-state index contributed by atoms with van der Waals surface area (Å²) >= 11 is 1.58. The predicted octanol–water partition coefficient (Wildman–Crippen LogP) is 5.60. The first-order valence-electron chi connectivity index (χ1n) is 8.12. The fraction of sp³-hybridized carbons (Fsp3) is 0.250. The van der Waals surface area contributed by atoms with Crippen molar-refractivity contribution in [3.05, 3.63) is 70.6 Å². The molecule has 1 aliphatic carbocycles. The molecule has 1 atom stereocenters. The quantitative estimate of drug-likeness (QED) is 0.723. The van der Waals surface area contributed by atoms with Crippen molar-refractivity contribution in [2.45, 2.75) is 32.3 Å². The van der Waals surface area contributed by atoms with Crippen LogP contribution >= 0.6 is 11.3 Å². The molecular weight excluding hydrogens is 339 g/mol. The van der Waals surface area contributed by atoms with Gasteiger partial charge in [-0.15, -0.1) is 11.3 Å². The molecule has 5 heteroatoms. The molecule has 0 saturated carbocycles. The Kier molecular flexibility index (Phi) is 5.04. The molecule has 1 unspecified atom stereocenters. The molecule has 1 heterocycles. The van der Waals surface area contributed by atoms with Crippen LogP contribution in [0, 0.1) is 5.82 Å². The van der Waals surface area contributed by atoms with Crippen molar-refractivity contribution in [2.75, 3.05) is 0 Å². The Balaban J connectivity index is 1.80. The summed E-state index contributed by atoms with van der Waals surface area (Å²) in [6.07, 6.45) is 5.91. The van der Waals surface area contributed by atoms with E-state index in [1.807, 2.05) is 18.2 Å². The number of aliphatic hydroxyl groups is 1. The van der Waals surface area contributed by atoms with E-state index in [4.69, 9.17) is 4.74 Å². The van der Waals surface area contributed by atoms with Gasteiger partial charge < -0.3 is 9.84 Å². The van der Waals surface area contributed by atoms with Crippen LogP contribution in [0.15, 0.2) is 54.3 Å². The summed E-state index contributed by atoms with van der Waals surface area (Å²) in [7, 11) is 0. The van der Waals surface area contributed by atoms with Crippen molar-refractivity contribution in [3.63, 3.8) is 0 Å². The molecule has 0 saturated heterocycles. The van der Waals surface area contributed by atoms with E-state index in [2.05, 4.69) is 0 Å². The Morgan fingerprint density at radius 1 is 1.32 bits per heavy atom. The van der Waals surface area contributed by atoms with Crippen molar-refractivity contribution in [1.29, 1.82) is 0 Å². The van der Waals surface area contributed by atoms with Crippen molar-refractivity contribution < 1.29 is 19.0 Å². The van der Waals surface area contributed by atoms with Gasteiger partial charge in [0.2, 0.25) is 0 Å². The summed E-state index contributed by atoms with van der Waals surface area (Å²) < 4.78 is 19.3. The second-order valence-electron chi connectivity index (χ2n) is 6.18. The number of hydrogen-bond acceptors (Lipinski definition) is 4. The van der Waals surface area contributed by atoms with Gasteiger partial charge in [-0.2, -0.15) is 0 Å². The lowest BCUT2D eigenvalue weighted by molar-refractivity contribution is 0.0372. The Labute approximate surface area is 150 Å². The summed E-state index contributed by atoms with van der Waals surface area (Å²) in [5, 5.41) is 9.41. The fourth-order valence-electron chi connectivity index (χ4n) is 2.64. The Morgan fingerprint density at radius 2 is 2.12 bits per heavy atom. The van der Waals surface area contributed by atoms with Crippen molar-refractivity contribution in [2.24, 2.45) is 0 Å². The van der Waals surface area contributed by atoms with Crippen molar-refractivity contribution in [1.82, 2.24) is 0 Å². The number of esters is 1. The van der Waals surface area contributed by atoms with Gasteiger partial charge in [-0.1, -0.05) is 12.1 Å². The summed E-state index contributed by atoms with van der Waals surface area (Å²) in [5.41, 5.74) is 0.679. The van der Waals surface area contributed by atoms with Gasteiger partial charge in [0.15, 0.2) is 0 Å². The number of aliphatic hydroxyl groups excluding tert-OH is 1. The molecule has 1 aliphatic rings. The number of allylic oxidation sites excluding steroid dienone is 3. The smallest absolute Gasteiger partial charge is 0.341 e. The normalized spacial score (nSPS) is 16.8. The molecule has 3 rings (SSSR count). The van der Waals surface area contributed by atoms with E-state index in [1.165, 1.54) is 12.1 Å². The molecule has 25 heavy (non-hydrogen) atoms. The molecule has 0 fully saturated rings. The van der Waals surface area contributed by atoms with Gasteiger partial charge in [0, 0.05) is 15.7 Å². The summed E-state index contributed by atoms with van der Waals surface area (Å²) in [6.45, 7) is 3.46. The minimum Gasteiger partial charge on any atom is -0.508 e. The zero-order valence-electron chi connectivity index (χ0n) is 14.0. The van der Waals surface area contributed by atoms with Crippen LogP contribution in [0.5, 0.6) is 0 Å². The van der Waals surface area contributed by atoms with Crippen LogP contribution in [0.2, 0.25) is 0 Å². The maximum absolute atomic E-state index is 14.3. The van der Waals surface area contributed by atoms with E-state index in [0.29, 0.717) is 5.76 Å². The van der Waals surface area contributed by atoms with E-state index in [0.717, 1.165) is 21.7 Å².